The van der Waals surface area contributed by atoms with Gasteiger partial charge in [0.05, 0.1) is 13.2 Å². The molecule has 1 atom stereocenters. The summed E-state index contributed by atoms with van der Waals surface area (Å²) in [5.74, 6) is 3.35. The zero-order chi connectivity index (χ0) is 18.1. The van der Waals surface area contributed by atoms with Crippen molar-refractivity contribution >= 4 is 28.4 Å². The van der Waals surface area contributed by atoms with E-state index >= 15 is 0 Å². The standard InChI is InChI=1S/C18H25N7OS/c1-2-14(12-25(7-1)18-22-16(23-27-18)13-3-4-13)20-15-5-6-19-17(21-15)24-8-10-26-11-9-24/h5-6,13-14H,1-4,7-12H2,(H,19,20,21). The van der Waals surface area contributed by atoms with Gasteiger partial charge in [0.2, 0.25) is 11.1 Å². The zero-order valence-electron chi connectivity index (χ0n) is 15.4. The summed E-state index contributed by atoms with van der Waals surface area (Å²) in [4.78, 5) is 18.5. The lowest BCUT2D eigenvalue weighted by atomic mass is 10.1. The Morgan fingerprint density at radius 2 is 1.96 bits per heavy atom. The summed E-state index contributed by atoms with van der Waals surface area (Å²) in [6, 6.07) is 2.32. The molecular formula is C18H25N7OS. The van der Waals surface area contributed by atoms with Gasteiger partial charge in [0.1, 0.15) is 11.6 Å². The molecule has 4 heterocycles. The second kappa shape index (κ2) is 7.55. The van der Waals surface area contributed by atoms with E-state index in [0.29, 0.717) is 12.0 Å². The van der Waals surface area contributed by atoms with Crippen LogP contribution in [0.1, 0.15) is 37.4 Å². The number of ether oxygens (including phenoxy) is 1. The quantitative estimate of drug-likeness (QED) is 0.836. The summed E-state index contributed by atoms with van der Waals surface area (Å²) in [5.41, 5.74) is 0. The van der Waals surface area contributed by atoms with E-state index in [1.165, 1.54) is 12.8 Å². The molecule has 0 bridgehead atoms. The first-order chi connectivity index (χ1) is 13.3. The molecule has 1 unspecified atom stereocenters. The van der Waals surface area contributed by atoms with Gasteiger partial charge in [-0.1, -0.05) is 0 Å². The molecule has 0 aromatic carbocycles. The third kappa shape index (κ3) is 3.98. The van der Waals surface area contributed by atoms with Gasteiger partial charge in [-0.3, -0.25) is 0 Å². The molecule has 144 valence electrons. The van der Waals surface area contributed by atoms with Gasteiger partial charge in [0, 0.05) is 55.9 Å². The summed E-state index contributed by atoms with van der Waals surface area (Å²) in [5, 5.41) is 4.68. The van der Waals surface area contributed by atoms with E-state index in [2.05, 4.69) is 24.5 Å². The van der Waals surface area contributed by atoms with E-state index in [0.717, 1.165) is 75.0 Å². The smallest absolute Gasteiger partial charge is 0.227 e. The summed E-state index contributed by atoms with van der Waals surface area (Å²) >= 11 is 1.55. The van der Waals surface area contributed by atoms with Crippen LogP contribution in [0.15, 0.2) is 12.3 Å². The van der Waals surface area contributed by atoms with Crippen molar-refractivity contribution in [1.29, 1.82) is 0 Å². The highest BCUT2D eigenvalue weighted by Gasteiger charge is 2.30. The monoisotopic (exact) mass is 387 g/mol. The van der Waals surface area contributed by atoms with Gasteiger partial charge in [0.25, 0.3) is 0 Å². The summed E-state index contributed by atoms with van der Waals surface area (Å²) in [6.07, 6.45) is 6.63. The lowest BCUT2D eigenvalue weighted by Gasteiger charge is -2.33. The van der Waals surface area contributed by atoms with Crippen LogP contribution in [0.3, 0.4) is 0 Å². The van der Waals surface area contributed by atoms with Crippen molar-refractivity contribution < 1.29 is 4.74 Å². The van der Waals surface area contributed by atoms with Crippen molar-refractivity contribution in [1.82, 2.24) is 19.3 Å². The number of nitrogens with zero attached hydrogens (tertiary/aromatic N) is 6. The van der Waals surface area contributed by atoms with Crippen molar-refractivity contribution in [3.8, 4) is 0 Å². The number of piperidine rings is 1. The fourth-order valence-corrected chi connectivity index (χ4v) is 4.47. The van der Waals surface area contributed by atoms with E-state index in [4.69, 9.17) is 14.7 Å². The number of morpholine rings is 1. The van der Waals surface area contributed by atoms with Gasteiger partial charge in [0.15, 0.2) is 0 Å². The van der Waals surface area contributed by atoms with Crippen LogP contribution in [-0.4, -0.2) is 64.8 Å². The molecule has 5 rings (SSSR count). The summed E-state index contributed by atoms with van der Waals surface area (Å²) < 4.78 is 9.98. The Bertz CT molecular complexity index is 775. The molecule has 1 aliphatic carbocycles. The van der Waals surface area contributed by atoms with Crippen LogP contribution in [0.2, 0.25) is 0 Å². The first kappa shape index (κ1) is 17.1. The minimum Gasteiger partial charge on any atom is -0.378 e. The molecule has 2 aromatic rings. The van der Waals surface area contributed by atoms with Crippen molar-refractivity contribution in [2.45, 2.75) is 37.6 Å². The van der Waals surface area contributed by atoms with Crippen LogP contribution in [-0.2, 0) is 4.74 Å². The van der Waals surface area contributed by atoms with E-state index < -0.39 is 0 Å². The normalized spacial score (nSPS) is 23.5. The average Bonchev–Trinajstić information content (AvgIpc) is 3.46. The van der Waals surface area contributed by atoms with Crippen molar-refractivity contribution in [3.05, 3.63) is 18.1 Å². The lowest BCUT2D eigenvalue weighted by Crippen LogP contribution is -2.42. The Morgan fingerprint density at radius 3 is 2.81 bits per heavy atom. The minimum absolute atomic E-state index is 0.361. The van der Waals surface area contributed by atoms with Crippen molar-refractivity contribution in [2.24, 2.45) is 0 Å². The molecule has 2 saturated heterocycles. The number of nitrogens with one attached hydrogen (secondary N) is 1. The molecule has 2 aliphatic heterocycles. The van der Waals surface area contributed by atoms with Gasteiger partial charge in [-0.05, 0) is 31.7 Å². The van der Waals surface area contributed by atoms with Crippen LogP contribution < -0.4 is 15.1 Å². The number of aromatic nitrogens is 4. The Labute approximate surface area is 163 Å². The largest absolute Gasteiger partial charge is 0.378 e. The van der Waals surface area contributed by atoms with Gasteiger partial charge in [-0.25, -0.2) is 9.97 Å². The Balaban J connectivity index is 1.23. The molecule has 0 radical (unpaired) electrons. The molecule has 3 fully saturated rings. The third-order valence-corrected chi connectivity index (χ3v) is 6.15. The number of anilines is 3. The fourth-order valence-electron chi connectivity index (χ4n) is 3.68. The minimum atomic E-state index is 0.361. The molecule has 1 N–H and O–H groups in total. The van der Waals surface area contributed by atoms with Gasteiger partial charge >= 0.3 is 0 Å². The van der Waals surface area contributed by atoms with E-state index in [1.807, 2.05) is 12.3 Å². The molecule has 0 spiro atoms. The average molecular weight is 388 g/mol. The number of hydrogen-bond acceptors (Lipinski definition) is 9. The first-order valence-electron chi connectivity index (χ1n) is 9.86. The van der Waals surface area contributed by atoms with E-state index in [-0.39, 0.29) is 0 Å². The molecule has 3 aliphatic rings. The maximum Gasteiger partial charge on any atom is 0.227 e. The highest BCUT2D eigenvalue weighted by molar-refractivity contribution is 7.09. The van der Waals surface area contributed by atoms with Gasteiger partial charge < -0.3 is 19.9 Å². The van der Waals surface area contributed by atoms with Crippen LogP contribution in [0.5, 0.6) is 0 Å². The van der Waals surface area contributed by atoms with Crippen LogP contribution in [0.25, 0.3) is 0 Å². The first-order valence-corrected chi connectivity index (χ1v) is 10.6. The third-order valence-electron chi connectivity index (χ3n) is 5.35. The predicted octanol–water partition coefficient (Wildman–Crippen LogP) is 2.12. The molecule has 27 heavy (non-hydrogen) atoms. The fraction of sp³-hybridized carbons (Fsp3) is 0.667. The predicted molar refractivity (Wildman–Crippen MR) is 106 cm³/mol. The zero-order valence-corrected chi connectivity index (χ0v) is 16.2. The van der Waals surface area contributed by atoms with E-state index in [1.54, 1.807) is 11.5 Å². The lowest BCUT2D eigenvalue weighted by molar-refractivity contribution is 0.122. The molecule has 0 amide bonds. The number of rotatable bonds is 5. The second-order valence-electron chi connectivity index (χ2n) is 7.48. The Hall–Kier alpha value is -2.00. The number of hydrogen-bond donors (Lipinski definition) is 1. The van der Waals surface area contributed by atoms with E-state index in [9.17, 15) is 0 Å². The maximum absolute atomic E-state index is 5.42. The highest BCUT2D eigenvalue weighted by Crippen LogP contribution is 2.40. The van der Waals surface area contributed by atoms with Crippen LogP contribution >= 0.6 is 11.5 Å². The summed E-state index contributed by atoms with van der Waals surface area (Å²) in [7, 11) is 0. The highest BCUT2D eigenvalue weighted by atomic mass is 32.1. The van der Waals surface area contributed by atoms with Crippen LogP contribution in [0.4, 0.5) is 16.9 Å². The Morgan fingerprint density at radius 1 is 1.07 bits per heavy atom. The molecule has 9 heteroatoms. The van der Waals surface area contributed by atoms with Crippen LogP contribution in [0, 0.1) is 0 Å². The van der Waals surface area contributed by atoms with Crippen molar-refractivity contribution in [3.63, 3.8) is 0 Å². The molecule has 1 saturated carbocycles. The van der Waals surface area contributed by atoms with Crippen molar-refractivity contribution in [2.75, 3.05) is 54.5 Å². The van der Waals surface area contributed by atoms with Gasteiger partial charge in [-0.2, -0.15) is 9.36 Å². The Kier molecular flexibility index (Phi) is 4.79. The topological polar surface area (TPSA) is 79.3 Å². The molecular weight excluding hydrogens is 362 g/mol. The second-order valence-corrected chi connectivity index (χ2v) is 8.21. The maximum atomic E-state index is 5.42. The van der Waals surface area contributed by atoms with Gasteiger partial charge in [-0.15, -0.1) is 0 Å². The molecule has 2 aromatic heterocycles. The molecule has 8 nitrogen and oxygen atoms in total. The SMILES string of the molecule is c1cc(NC2CCCN(c3nc(C4CC4)ns3)C2)nc(N2CCOCC2)n1. The summed E-state index contributed by atoms with van der Waals surface area (Å²) in [6.45, 7) is 5.17.